The van der Waals surface area contributed by atoms with Gasteiger partial charge in [0.15, 0.2) is 0 Å². The summed E-state index contributed by atoms with van der Waals surface area (Å²) in [5.74, 6) is -0.263. The number of benzene rings is 3. The van der Waals surface area contributed by atoms with E-state index in [1.54, 1.807) is 25.1 Å². The fourth-order valence-corrected chi connectivity index (χ4v) is 4.28. The molecule has 1 heterocycles. The Hall–Kier alpha value is -3.67. The van der Waals surface area contributed by atoms with Gasteiger partial charge in [-0.05, 0) is 60.5 Å². The van der Waals surface area contributed by atoms with Gasteiger partial charge in [0, 0.05) is 23.2 Å². The number of aromatic amines is 1. The first-order valence-corrected chi connectivity index (χ1v) is 9.68. The molecule has 1 aliphatic carbocycles. The summed E-state index contributed by atoms with van der Waals surface area (Å²) in [6.07, 6.45) is 2.06. The lowest BCUT2D eigenvalue weighted by atomic mass is 10.0. The first kappa shape index (κ1) is 17.4. The summed E-state index contributed by atoms with van der Waals surface area (Å²) in [6, 6.07) is 15.2. The molecule has 1 aromatic heterocycles. The maximum atomic E-state index is 12.9. The van der Waals surface area contributed by atoms with E-state index in [2.05, 4.69) is 22.4 Å². The van der Waals surface area contributed by atoms with Gasteiger partial charge in [0.25, 0.3) is 5.91 Å². The number of carbonyl (C=O) groups is 1. The molecule has 0 bridgehead atoms. The van der Waals surface area contributed by atoms with Crippen LogP contribution in [-0.4, -0.2) is 15.5 Å². The number of aromatic nitrogens is 2. The van der Waals surface area contributed by atoms with Crippen molar-refractivity contribution in [1.82, 2.24) is 9.55 Å². The van der Waals surface area contributed by atoms with Gasteiger partial charge in [-0.2, -0.15) is 0 Å². The number of anilines is 1. The van der Waals surface area contributed by atoms with Crippen LogP contribution >= 0.6 is 0 Å². The average molecular weight is 385 g/mol. The minimum atomic E-state index is -0.690. The van der Waals surface area contributed by atoms with E-state index in [1.165, 1.54) is 21.1 Å². The first-order chi connectivity index (χ1) is 14.1. The van der Waals surface area contributed by atoms with Gasteiger partial charge in [-0.1, -0.05) is 24.3 Å². The molecule has 0 saturated heterocycles. The molecule has 1 amide bonds. The highest BCUT2D eigenvalue weighted by Crippen LogP contribution is 2.35. The smallest absolute Gasteiger partial charge is 0.316 e. The molecule has 0 spiro atoms. The monoisotopic (exact) mass is 385 g/mol. The molecule has 3 aromatic carbocycles. The number of hydrogen-bond donors (Lipinski definition) is 2. The molecule has 5 rings (SSSR count). The Labute approximate surface area is 165 Å². The van der Waals surface area contributed by atoms with E-state index in [4.69, 9.17) is 0 Å². The van der Waals surface area contributed by atoms with Crippen LogP contribution in [0.1, 0.15) is 28.4 Å². The molecule has 0 fully saturated rings. The van der Waals surface area contributed by atoms with Crippen molar-refractivity contribution in [3.05, 3.63) is 85.9 Å². The van der Waals surface area contributed by atoms with Crippen molar-refractivity contribution in [2.45, 2.75) is 26.3 Å². The zero-order chi connectivity index (χ0) is 20.1. The van der Waals surface area contributed by atoms with Crippen LogP contribution in [0.4, 0.5) is 5.69 Å². The zero-order valence-electron chi connectivity index (χ0n) is 15.9. The number of hydrogen-bond acceptors (Lipinski definition) is 3. The molecule has 4 aromatic rings. The van der Waals surface area contributed by atoms with Crippen LogP contribution in [0.25, 0.3) is 21.8 Å². The van der Waals surface area contributed by atoms with Gasteiger partial charge in [0.2, 0.25) is 0 Å². The second kappa shape index (κ2) is 6.44. The number of aryl methyl sites for hydroxylation is 3. The maximum Gasteiger partial charge on any atom is 0.316 e. The van der Waals surface area contributed by atoms with Crippen molar-refractivity contribution in [3.8, 4) is 0 Å². The van der Waals surface area contributed by atoms with Crippen LogP contribution in [0.3, 0.4) is 0 Å². The second-order valence-electron chi connectivity index (χ2n) is 7.30. The molecule has 6 nitrogen and oxygen atoms in total. The first-order valence-electron chi connectivity index (χ1n) is 9.68. The molecular weight excluding hydrogens is 366 g/mol. The van der Waals surface area contributed by atoms with Crippen LogP contribution in [0, 0.1) is 0 Å². The Morgan fingerprint density at radius 2 is 1.86 bits per heavy atom. The van der Waals surface area contributed by atoms with Crippen molar-refractivity contribution < 1.29 is 4.79 Å². The highest BCUT2D eigenvalue weighted by molar-refractivity contribution is 6.11. The van der Waals surface area contributed by atoms with Crippen molar-refractivity contribution in [1.29, 1.82) is 0 Å². The van der Waals surface area contributed by atoms with Crippen molar-refractivity contribution in [2.24, 2.45) is 0 Å². The maximum absolute atomic E-state index is 12.9. The SMILES string of the molecule is CCn1c(=O)c(=O)[nH]c2cc(C(=O)Nc3ccc4c5c(cccc35)CC4)ccc21. The van der Waals surface area contributed by atoms with Crippen molar-refractivity contribution >= 4 is 33.4 Å². The molecule has 1 aliphatic rings. The van der Waals surface area contributed by atoms with Crippen LogP contribution in [0.5, 0.6) is 0 Å². The molecule has 6 heteroatoms. The van der Waals surface area contributed by atoms with E-state index >= 15 is 0 Å². The van der Waals surface area contributed by atoms with Gasteiger partial charge >= 0.3 is 11.1 Å². The van der Waals surface area contributed by atoms with Gasteiger partial charge in [-0.15, -0.1) is 0 Å². The van der Waals surface area contributed by atoms with E-state index in [9.17, 15) is 14.4 Å². The van der Waals surface area contributed by atoms with Gasteiger partial charge in [0.05, 0.1) is 11.0 Å². The summed E-state index contributed by atoms with van der Waals surface area (Å²) in [5, 5.41) is 5.28. The fraction of sp³-hybridized carbons (Fsp3) is 0.174. The highest BCUT2D eigenvalue weighted by Gasteiger charge is 2.17. The van der Waals surface area contributed by atoms with Crippen LogP contribution in [0.2, 0.25) is 0 Å². The van der Waals surface area contributed by atoms with Crippen LogP contribution < -0.4 is 16.4 Å². The van der Waals surface area contributed by atoms with Crippen molar-refractivity contribution in [2.75, 3.05) is 5.32 Å². The molecule has 0 saturated carbocycles. The Morgan fingerprint density at radius 3 is 2.66 bits per heavy atom. The van der Waals surface area contributed by atoms with Crippen LogP contribution in [0.15, 0.2) is 58.1 Å². The summed E-state index contributed by atoms with van der Waals surface area (Å²) in [6.45, 7) is 2.18. The number of nitrogens with zero attached hydrogens (tertiary/aromatic N) is 1. The quantitative estimate of drug-likeness (QED) is 0.531. The minimum Gasteiger partial charge on any atom is -0.321 e. The van der Waals surface area contributed by atoms with E-state index < -0.39 is 11.1 Å². The predicted molar refractivity (Wildman–Crippen MR) is 114 cm³/mol. The number of carbonyl (C=O) groups excluding carboxylic acids is 1. The second-order valence-corrected chi connectivity index (χ2v) is 7.30. The summed E-state index contributed by atoms with van der Waals surface area (Å²) in [4.78, 5) is 39.4. The fourth-order valence-electron chi connectivity index (χ4n) is 4.28. The Kier molecular flexibility index (Phi) is 3.87. The van der Waals surface area contributed by atoms with E-state index in [-0.39, 0.29) is 5.91 Å². The number of rotatable bonds is 3. The molecular formula is C23H19N3O3. The summed E-state index contributed by atoms with van der Waals surface area (Å²) in [7, 11) is 0. The third-order valence-corrected chi connectivity index (χ3v) is 5.68. The lowest BCUT2D eigenvalue weighted by Crippen LogP contribution is -2.36. The van der Waals surface area contributed by atoms with Gasteiger partial charge in [-0.3, -0.25) is 14.4 Å². The molecule has 0 atom stereocenters. The lowest BCUT2D eigenvalue weighted by Gasteiger charge is -2.12. The number of amides is 1. The summed E-state index contributed by atoms with van der Waals surface area (Å²) >= 11 is 0. The summed E-state index contributed by atoms with van der Waals surface area (Å²) in [5.41, 5.74) is 3.59. The predicted octanol–water partition coefficient (Wildman–Crippen LogP) is 3.21. The third kappa shape index (κ3) is 2.68. The Bertz CT molecular complexity index is 1420. The third-order valence-electron chi connectivity index (χ3n) is 5.68. The zero-order valence-corrected chi connectivity index (χ0v) is 15.9. The number of H-pyrrole nitrogens is 1. The topological polar surface area (TPSA) is 84.0 Å². The van der Waals surface area contributed by atoms with Gasteiger partial charge in [0.1, 0.15) is 0 Å². The number of nitrogens with one attached hydrogen (secondary N) is 2. The van der Waals surface area contributed by atoms with Crippen LogP contribution in [-0.2, 0) is 19.4 Å². The van der Waals surface area contributed by atoms with Gasteiger partial charge in [-0.25, -0.2) is 0 Å². The molecule has 0 radical (unpaired) electrons. The molecule has 144 valence electrons. The Morgan fingerprint density at radius 1 is 1.07 bits per heavy atom. The van der Waals surface area contributed by atoms with E-state index in [1.807, 2.05) is 18.2 Å². The van der Waals surface area contributed by atoms with Crippen molar-refractivity contribution in [3.63, 3.8) is 0 Å². The normalized spacial score (nSPS) is 12.6. The molecule has 0 unspecified atom stereocenters. The Balaban J connectivity index is 1.56. The molecule has 2 N–H and O–H groups in total. The standard InChI is InChI=1S/C23H19N3O3/c1-2-26-19-11-9-15(12-18(19)25-22(28)23(26)29)21(27)24-17-10-8-14-7-6-13-4-3-5-16(17)20(13)14/h3-5,8-12H,2,6-7H2,1H3,(H,24,27)(H,25,28). The largest absolute Gasteiger partial charge is 0.321 e. The number of fused-ring (bicyclic) bond motifs is 1. The van der Waals surface area contributed by atoms with E-state index in [0.717, 1.165) is 23.9 Å². The van der Waals surface area contributed by atoms with E-state index in [0.29, 0.717) is 23.1 Å². The molecule has 29 heavy (non-hydrogen) atoms. The summed E-state index contributed by atoms with van der Waals surface area (Å²) < 4.78 is 1.40. The average Bonchev–Trinajstić information content (AvgIpc) is 3.15. The van der Waals surface area contributed by atoms with Gasteiger partial charge < -0.3 is 14.9 Å². The molecule has 0 aliphatic heterocycles. The minimum absolute atomic E-state index is 0.263. The lowest BCUT2D eigenvalue weighted by molar-refractivity contribution is 0.102. The highest BCUT2D eigenvalue weighted by atomic mass is 16.2.